The summed E-state index contributed by atoms with van der Waals surface area (Å²) < 4.78 is 5.34. The molecular formula is C11H15ClN2O. The Balaban J connectivity index is 2.50. The zero-order valence-corrected chi connectivity index (χ0v) is 10.1. The van der Waals surface area contributed by atoms with E-state index in [1.54, 1.807) is 0 Å². The first-order valence-electron chi connectivity index (χ1n) is 5.12. The topological polar surface area (TPSA) is 35.0 Å². The third-order valence-electron chi connectivity index (χ3n) is 2.44. The van der Waals surface area contributed by atoms with E-state index in [1.807, 2.05) is 0 Å². The van der Waals surface area contributed by atoms with Crippen LogP contribution in [0.5, 0.6) is 0 Å². The van der Waals surface area contributed by atoms with Crippen LogP contribution in [0.1, 0.15) is 37.9 Å². The van der Waals surface area contributed by atoms with Gasteiger partial charge in [-0.05, 0) is 0 Å². The number of fused-ring (bicyclic) bond motifs is 1. The van der Waals surface area contributed by atoms with Crippen molar-refractivity contribution in [3.63, 3.8) is 0 Å². The molecule has 0 saturated carbocycles. The van der Waals surface area contributed by atoms with Crippen molar-refractivity contribution >= 4 is 11.6 Å². The highest BCUT2D eigenvalue weighted by molar-refractivity contribution is 6.30. The fraction of sp³-hybridized carbons (Fsp3) is 0.636. The Bertz CT molecular complexity index is 385. The predicted molar refractivity (Wildman–Crippen MR) is 59.1 cm³/mol. The SMILES string of the molecule is CC(C)(C)c1nc(Cl)c2c(n1)CCOC2. The molecule has 2 rings (SSSR count). The normalized spacial score (nSPS) is 16.3. The number of aromatic nitrogens is 2. The molecule has 0 aromatic carbocycles. The highest BCUT2D eigenvalue weighted by atomic mass is 35.5. The van der Waals surface area contributed by atoms with Crippen molar-refractivity contribution in [3.05, 3.63) is 22.2 Å². The molecule has 15 heavy (non-hydrogen) atoms. The van der Waals surface area contributed by atoms with Crippen LogP contribution in [0.15, 0.2) is 0 Å². The molecule has 1 aromatic rings. The van der Waals surface area contributed by atoms with E-state index in [0.717, 1.165) is 30.1 Å². The molecule has 0 aliphatic carbocycles. The van der Waals surface area contributed by atoms with E-state index in [9.17, 15) is 0 Å². The summed E-state index contributed by atoms with van der Waals surface area (Å²) in [5, 5.41) is 0.546. The summed E-state index contributed by atoms with van der Waals surface area (Å²) in [5.74, 6) is 0.813. The molecule has 1 aromatic heterocycles. The van der Waals surface area contributed by atoms with Gasteiger partial charge in [-0.25, -0.2) is 9.97 Å². The molecule has 0 radical (unpaired) electrons. The van der Waals surface area contributed by atoms with Gasteiger partial charge in [0.15, 0.2) is 0 Å². The fourth-order valence-electron chi connectivity index (χ4n) is 1.53. The molecule has 0 N–H and O–H groups in total. The van der Waals surface area contributed by atoms with Crippen molar-refractivity contribution in [3.8, 4) is 0 Å². The van der Waals surface area contributed by atoms with Crippen LogP contribution in [0.3, 0.4) is 0 Å². The summed E-state index contributed by atoms with van der Waals surface area (Å²) in [6.07, 6.45) is 0.834. The van der Waals surface area contributed by atoms with Crippen LogP contribution in [0, 0.1) is 0 Å². The Morgan fingerprint density at radius 3 is 2.67 bits per heavy atom. The zero-order chi connectivity index (χ0) is 11.1. The Kier molecular flexibility index (Phi) is 2.69. The minimum atomic E-state index is -0.0586. The largest absolute Gasteiger partial charge is 0.376 e. The highest BCUT2D eigenvalue weighted by Gasteiger charge is 2.23. The molecule has 0 unspecified atom stereocenters. The lowest BCUT2D eigenvalue weighted by Gasteiger charge is -2.22. The number of nitrogens with zero attached hydrogens (tertiary/aromatic N) is 2. The van der Waals surface area contributed by atoms with Gasteiger partial charge < -0.3 is 4.74 Å². The minimum Gasteiger partial charge on any atom is -0.376 e. The smallest absolute Gasteiger partial charge is 0.138 e. The molecule has 0 saturated heterocycles. The van der Waals surface area contributed by atoms with E-state index in [4.69, 9.17) is 16.3 Å². The second kappa shape index (κ2) is 3.72. The predicted octanol–water partition coefficient (Wildman–Crippen LogP) is 2.50. The van der Waals surface area contributed by atoms with E-state index in [-0.39, 0.29) is 5.41 Å². The summed E-state index contributed by atoms with van der Waals surface area (Å²) in [5.41, 5.74) is 1.94. The molecular weight excluding hydrogens is 212 g/mol. The van der Waals surface area contributed by atoms with Crippen molar-refractivity contribution in [2.45, 2.75) is 39.2 Å². The van der Waals surface area contributed by atoms with Gasteiger partial charge in [0, 0.05) is 17.4 Å². The Morgan fingerprint density at radius 1 is 1.27 bits per heavy atom. The van der Waals surface area contributed by atoms with Gasteiger partial charge in [0.25, 0.3) is 0 Å². The van der Waals surface area contributed by atoms with Crippen LogP contribution in [0.2, 0.25) is 5.15 Å². The van der Waals surface area contributed by atoms with Crippen LogP contribution in [-0.2, 0) is 23.2 Å². The van der Waals surface area contributed by atoms with Gasteiger partial charge in [-0.1, -0.05) is 32.4 Å². The first kappa shape index (κ1) is 10.8. The molecule has 0 amide bonds. The van der Waals surface area contributed by atoms with Crippen molar-refractivity contribution in [2.24, 2.45) is 0 Å². The number of halogens is 1. The molecule has 82 valence electrons. The summed E-state index contributed by atoms with van der Waals surface area (Å²) in [7, 11) is 0. The average molecular weight is 227 g/mol. The average Bonchev–Trinajstić information content (AvgIpc) is 2.16. The van der Waals surface area contributed by atoms with Crippen LogP contribution >= 0.6 is 11.6 Å². The molecule has 0 fully saturated rings. The molecule has 1 aliphatic rings. The number of hydrogen-bond acceptors (Lipinski definition) is 3. The van der Waals surface area contributed by atoms with E-state index < -0.39 is 0 Å². The molecule has 3 nitrogen and oxygen atoms in total. The second-order valence-corrected chi connectivity index (χ2v) is 5.17. The van der Waals surface area contributed by atoms with Gasteiger partial charge in [-0.15, -0.1) is 0 Å². The van der Waals surface area contributed by atoms with Crippen LogP contribution < -0.4 is 0 Å². The van der Waals surface area contributed by atoms with Crippen molar-refractivity contribution in [1.82, 2.24) is 9.97 Å². The van der Waals surface area contributed by atoms with Crippen LogP contribution in [-0.4, -0.2) is 16.6 Å². The lowest BCUT2D eigenvalue weighted by atomic mass is 9.95. The Morgan fingerprint density at radius 2 is 2.00 bits per heavy atom. The minimum absolute atomic E-state index is 0.0586. The maximum Gasteiger partial charge on any atom is 0.138 e. The van der Waals surface area contributed by atoms with E-state index in [0.29, 0.717) is 11.8 Å². The van der Waals surface area contributed by atoms with Gasteiger partial charge in [0.2, 0.25) is 0 Å². The highest BCUT2D eigenvalue weighted by Crippen LogP contribution is 2.26. The van der Waals surface area contributed by atoms with Gasteiger partial charge in [-0.2, -0.15) is 0 Å². The molecule has 0 spiro atoms. The Hall–Kier alpha value is -0.670. The van der Waals surface area contributed by atoms with Gasteiger partial charge in [-0.3, -0.25) is 0 Å². The van der Waals surface area contributed by atoms with Gasteiger partial charge in [0.05, 0.1) is 18.9 Å². The van der Waals surface area contributed by atoms with Gasteiger partial charge >= 0.3 is 0 Å². The number of hydrogen-bond donors (Lipinski definition) is 0. The third kappa shape index (κ3) is 2.13. The van der Waals surface area contributed by atoms with Crippen LogP contribution in [0.25, 0.3) is 0 Å². The van der Waals surface area contributed by atoms with Crippen molar-refractivity contribution < 1.29 is 4.74 Å². The molecule has 4 heteroatoms. The summed E-state index contributed by atoms with van der Waals surface area (Å²) >= 11 is 6.12. The molecule has 1 aliphatic heterocycles. The van der Waals surface area contributed by atoms with E-state index in [2.05, 4.69) is 30.7 Å². The van der Waals surface area contributed by atoms with Crippen molar-refractivity contribution in [2.75, 3.05) is 6.61 Å². The maximum atomic E-state index is 6.12. The number of rotatable bonds is 0. The monoisotopic (exact) mass is 226 g/mol. The lowest BCUT2D eigenvalue weighted by molar-refractivity contribution is 0.108. The van der Waals surface area contributed by atoms with Gasteiger partial charge in [0.1, 0.15) is 11.0 Å². The zero-order valence-electron chi connectivity index (χ0n) is 9.30. The molecule has 2 heterocycles. The summed E-state index contributed by atoms with van der Waals surface area (Å²) in [6, 6.07) is 0. The first-order chi connectivity index (χ1) is 6.98. The standard InChI is InChI=1S/C11H15ClN2O/c1-11(2,3)10-13-8-4-5-15-6-7(8)9(12)14-10/h4-6H2,1-3H3. The first-order valence-corrected chi connectivity index (χ1v) is 5.50. The fourth-order valence-corrected chi connectivity index (χ4v) is 1.77. The Labute approximate surface area is 94.8 Å². The summed E-state index contributed by atoms with van der Waals surface area (Å²) in [6.45, 7) is 7.53. The second-order valence-electron chi connectivity index (χ2n) is 4.82. The lowest BCUT2D eigenvalue weighted by Crippen LogP contribution is -2.21. The number of ether oxygens (including phenoxy) is 1. The molecule has 0 bridgehead atoms. The quantitative estimate of drug-likeness (QED) is 0.638. The molecule has 0 atom stereocenters. The van der Waals surface area contributed by atoms with Crippen molar-refractivity contribution in [1.29, 1.82) is 0 Å². The third-order valence-corrected chi connectivity index (χ3v) is 2.76. The van der Waals surface area contributed by atoms with Crippen LogP contribution in [0.4, 0.5) is 0 Å². The van der Waals surface area contributed by atoms with E-state index in [1.165, 1.54) is 0 Å². The summed E-state index contributed by atoms with van der Waals surface area (Å²) in [4.78, 5) is 8.90. The maximum absolute atomic E-state index is 6.12. The van der Waals surface area contributed by atoms with E-state index >= 15 is 0 Å².